The predicted molar refractivity (Wildman–Crippen MR) is 127 cm³/mol. The largest absolute Gasteiger partial charge is 0.493 e. The van der Waals surface area contributed by atoms with E-state index >= 15 is 0 Å². The molecule has 0 aromatic heterocycles. The van der Waals surface area contributed by atoms with Gasteiger partial charge in [-0.2, -0.15) is 0 Å². The maximum Gasteiger partial charge on any atom is 0.358 e. The van der Waals surface area contributed by atoms with Crippen molar-refractivity contribution in [1.82, 2.24) is 0 Å². The summed E-state index contributed by atoms with van der Waals surface area (Å²) in [7, 11) is 3.11. The quantitative estimate of drug-likeness (QED) is 0.166. The van der Waals surface area contributed by atoms with Crippen LogP contribution >= 0.6 is 15.9 Å². The Balaban J connectivity index is 1.58. The molecule has 3 rings (SSSR count). The van der Waals surface area contributed by atoms with Crippen molar-refractivity contribution in [1.29, 1.82) is 0 Å². The van der Waals surface area contributed by atoms with Gasteiger partial charge in [-0.25, -0.2) is 4.79 Å². The molecule has 3 aromatic rings. The van der Waals surface area contributed by atoms with Gasteiger partial charge in [0.05, 0.1) is 20.4 Å². The van der Waals surface area contributed by atoms with Crippen molar-refractivity contribution in [2.24, 2.45) is 5.16 Å². The lowest BCUT2D eigenvalue weighted by atomic mass is 10.2. The lowest BCUT2D eigenvalue weighted by Gasteiger charge is -2.09. The number of carbonyl (C=O) groups is 1. The number of benzene rings is 3. The standard InChI is InChI=1S/C25H22BrNO5/c1-29-23-13-9-18(15-24(23)30-2)10-14-25(28)32-27-16-20-5-3-4-6-22(20)31-17-19-7-11-21(26)12-8-19/h3-16H,17H2,1-2H3/b14-10+,27-16?. The molecule has 0 fully saturated rings. The summed E-state index contributed by atoms with van der Waals surface area (Å²) in [5.41, 5.74) is 2.49. The number of para-hydroxylation sites is 1. The van der Waals surface area contributed by atoms with Crippen LogP contribution in [0.25, 0.3) is 6.08 Å². The minimum Gasteiger partial charge on any atom is -0.493 e. The average molecular weight is 496 g/mol. The van der Waals surface area contributed by atoms with Crippen LogP contribution in [0.15, 0.2) is 82.4 Å². The molecule has 0 amide bonds. The predicted octanol–water partition coefficient (Wildman–Crippen LogP) is 5.64. The van der Waals surface area contributed by atoms with E-state index in [1.54, 1.807) is 38.5 Å². The molecule has 0 saturated heterocycles. The Hall–Kier alpha value is -3.58. The number of carbonyl (C=O) groups excluding carboxylic acids is 1. The van der Waals surface area contributed by atoms with E-state index in [-0.39, 0.29) is 0 Å². The molecule has 0 heterocycles. The van der Waals surface area contributed by atoms with E-state index < -0.39 is 5.97 Å². The molecule has 0 atom stereocenters. The van der Waals surface area contributed by atoms with Crippen molar-refractivity contribution in [2.45, 2.75) is 6.61 Å². The Morgan fingerprint density at radius 2 is 1.69 bits per heavy atom. The summed E-state index contributed by atoms with van der Waals surface area (Å²) in [5, 5.41) is 3.79. The Morgan fingerprint density at radius 3 is 2.44 bits per heavy atom. The van der Waals surface area contributed by atoms with Crippen LogP contribution in [0.1, 0.15) is 16.7 Å². The Labute approximate surface area is 195 Å². The first-order valence-corrected chi connectivity index (χ1v) is 10.5. The highest BCUT2D eigenvalue weighted by molar-refractivity contribution is 9.10. The van der Waals surface area contributed by atoms with Crippen LogP contribution in [0.2, 0.25) is 0 Å². The van der Waals surface area contributed by atoms with Gasteiger partial charge in [0, 0.05) is 16.1 Å². The summed E-state index contributed by atoms with van der Waals surface area (Å²) >= 11 is 3.41. The zero-order chi connectivity index (χ0) is 22.8. The molecule has 3 aromatic carbocycles. The first kappa shape index (κ1) is 23.1. The highest BCUT2D eigenvalue weighted by Crippen LogP contribution is 2.28. The van der Waals surface area contributed by atoms with Crippen molar-refractivity contribution in [2.75, 3.05) is 14.2 Å². The van der Waals surface area contributed by atoms with E-state index in [4.69, 9.17) is 19.0 Å². The Bertz CT molecular complexity index is 1110. The topological polar surface area (TPSA) is 66.4 Å². The molecule has 6 nitrogen and oxygen atoms in total. The SMILES string of the molecule is COc1ccc(/C=C/C(=O)ON=Cc2ccccc2OCc2ccc(Br)cc2)cc1OC. The minimum absolute atomic E-state index is 0.409. The van der Waals surface area contributed by atoms with Crippen LogP contribution in [0, 0.1) is 0 Å². The van der Waals surface area contributed by atoms with Gasteiger partial charge in [0.25, 0.3) is 0 Å². The highest BCUT2D eigenvalue weighted by atomic mass is 79.9. The average Bonchev–Trinajstić information content (AvgIpc) is 2.83. The number of oxime groups is 1. The van der Waals surface area contributed by atoms with Crippen LogP contribution in [0.3, 0.4) is 0 Å². The summed E-state index contributed by atoms with van der Waals surface area (Å²) < 4.78 is 17.3. The number of halogens is 1. The molecule has 7 heteroatoms. The van der Waals surface area contributed by atoms with Gasteiger partial charge in [0.1, 0.15) is 12.4 Å². The number of ether oxygens (including phenoxy) is 3. The molecule has 164 valence electrons. The molecule has 0 aliphatic carbocycles. The summed E-state index contributed by atoms with van der Waals surface area (Å²) in [5.74, 6) is 1.21. The van der Waals surface area contributed by atoms with Crippen LogP contribution < -0.4 is 14.2 Å². The van der Waals surface area contributed by atoms with Gasteiger partial charge < -0.3 is 19.0 Å². The monoisotopic (exact) mass is 495 g/mol. The third kappa shape index (κ3) is 6.72. The van der Waals surface area contributed by atoms with Crippen LogP contribution in [-0.4, -0.2) is 26.4 Å². The maximum atomic E-state index is 12.0. The summed E-state index contributed by atoms with van der Waals surface area (Å²) in [6.07, 6.45) is 4.34. The first-order chi connectivity index (χ1) is 15.6. The number of hydrogen-bond donors (Lipinski definition) is 0. The fourth-order valence-electron chi connectivity index (χ4n) is 2.75. The molecule has 0 aliphatic rings. The number of hydrogen-bond acceptors (Lipinski definition) is 6. The molecule has 0 unspecified atom stereocenters. The minimum atomic E-state index is -0.607. The zero-order valence-corrected chi connectivity index (χ0v) is 19.2. The molecule has 0 spiro atoms. The van der Waals surface area contributed by atoms with Crippen LogP contribution in [0.4, 0.5) is 0 Å². The maximum absolute atomic E-state index is 12.0. The van der Waals surface area contributed by atoms with Gasteiger partial charge in [-0.15, -0.1) is 0 Å². The second-order valence-corrected chi connectivity index (χ2v) is 7.46. The van der Waals surface area contributed by atoms with Gasteiger partial charge in [0.15, 0.2) is 11.5 Å². The molecule has 0 saturated carbocycles. The molecular formula is C25H22BrNO5. The van der Waals surface area contributed by atoms with E-state index in [9.17, 15) is 4.79 Å². The van der Waals surface area contributed by atoms with Gasteiger partial charge in [-0.1, -0.05) is 51.4 Å². The highest BCUT2D eigenvalue weighted by Gasteiger charge is 2.05. The summed E-state index contributed by atoms with van der Waals surface area (Å²) in [4.78, 5) is 16.9. The van der Waals surface area contributed by atoms with Crippen molar-refractivity contribution < 1.29 is 23.8 Å². The van der Waals surface area contributed by atoms with Crippen molar-refractivity contribution in [3.05, 3.63) is 94.0 Å². The van der Waals surface area contributed by atoms with Gasteiger partial charge in [-0.3, -0.25) is 0 Å². The van der Waals surface area contributed by atoms with E-state index in [2.05, 4.69) is 21.1 Å². The fourth-order valence-corrected chi connectivity index (χ4v) is 3.01. The zero-order valence-electron chi connectivity index (χ0n) is 17.7. The van der Waals surface area contributed by atoms with Crippen molar-refractivity contribution in [3.63, 3.8) is 0 Å². The van der Waals surface area contributed by atoms with Gasteiger partial charge >= 0.3 is 5.97 Å². The van der Waals surface area contributed by atoms with Crippen LogP contribution in [0.5, 0.6) is 17.2 Å². The summed E-state index contributed by atoms with van der Waals surface area (Å²) in [6.45, 7) is 0.409. The molecule has 0 radical (unpaired) electrons. The fraction of sp³-hybridized carbons (Fsp3) is 0.120. The number of nitrogens with zero attached hydrogens (tertiary/aromatic N) is 1. The van der Waals surface area contributed by atoms with Crippen LogP contribution in [-0.2, 0) is 16.2 Å². The Morgan fingerprint density at radius 1 is 0.938 bits per heavy atom. The van der Waals surface area contributed by atoms with Gasteiger partial charge in [0.2, 0.25) is 0 Å². The van der Waals surface area contributed by atoms with Crippen molar-refractivity contribution >= 4 is 34.2 Å². The van der Waals surface area contributed by atoms with E-state index in [1.165, 1.54) is 12.3 Å². The van der Waals surface area contributed by atoms with Crippen molar-refractivity contribution in [3.8, 4) is 17.2 Å². The lowest BCUT2D eigenvalue weighted by molar-refractivity contribution is -0.137. The number of methoxy groups -OCH3 is 2. The Kier molecular flexibility index (Phi) is 8.45. The first-order valence-electron chi connectivity index (χ1n) is 9.70. The second-order valence-electron chi connectivity index (χ2n) is 6.55. The molecule has 0 bridgehead atoms. The molecule has 0 aliphatic heterocycles. The third-order valence-electron chi connectivity index (χ3n) is 4.38. The lowest BCUT2D eigenvalue weighted by Crippen LogP contribution is -1.99. The molecule has 0 N–H and O–H groups in total. The molecule has 32 heavy (non-hydrogen) atoms. The molecular weight excluding hydrogens is 474 g/mol. The second kappa shape index (κ2) is 11.7. The normalized spacial score (nSPS) is 11.0. The summed E-state index contributed by atoms with van der Waals surface area (Å²) in [6, 6.07) is 20.6. The smallest absolute Gasteiger partial charge is 0.358 e. The third-order valence-corrected chi connectivity index (χ3v) is 4.91. The van der Waals surface area contributed by atoms with E-state index in [1.807, 2.05) is 48.5 Å². The van der Waals surface area contributed by atoms with Gasteiger partial charge in [-0.05, 0) is 53.6 Å². The van der Waals surface area contributed by atoms with E-state index in [0.717, 1.165) is 15.6 Å². The number of rotatable bonds is 9. The van der Waals surface area contributed by atoms with E-state index in [0.29, 0.717) is 29.4 Å².